The summed E-state index contributed by atoms with van der Waals surface area (Å²) >= 11 is 0. The molecule has 0 aliphatic heterocycles. The highest BCUT2D eigenvalue weighted by molar-refractivity contribution is 5.92. The number of benzene rings is 2. The molecule has 0 aromatic heterocycles. The number of carbonyl (C=O) groups excluding carboxylic acids is 1. The number of phenolic OH excluding ortho intramolecular Hbond substituents is 1. The van der Waals surface area contributed by atoms with Gasteiger partial charge in [-0.2, -0.15) is 0 Å². The number of hydrogen-bond acceptors (Lipinski definition) is 5. The highest BCUT2D eigenvalue weighted by Crippen LogP contribution is 2.26. The van der Waals surface area contributed by atoms with E-state index in [1.54, 1.807) is 26.4 Å². The molecule has 5 nitrogen and oxygen atoms in total. The van der Waals surface area contributed by atoms with Gasteiger partial charge in [-0.05, 0) is 42.2 Å². The molecule has 0 unspecified atom stereocenters. The van der Waals surface area contributed by atoms with Crippen molar-refractivity contribution in [2.75, 3.05) is 21.3 Å². The second-order valence-corrected chi connectivity index (χ2v) is 5.02. The van der Waals surface area contributed by atoms with E-state index in [-0.39, 0.29) is 11.3 Å². The Labute approximate surface area is 135 Å². The number of aryl methyl sites for hydroxylation is 2. The number of carbonyl (C=O) groups is 1. The molecular weight excluding hydrogens is 296 g/mol. The third-order valence-electron chi connectivity index (χ3n) is 3.64. The average molecular weight is 316 g/mol. The summed E-state index contributed by atoms with van der Waals surface area (Å²) in [4.78, 5) is 11.6. The van der Waals surface area contributed by atoms with Crippen LogP contribution in [-0.4, -0.2) is 32.4 Å². The van der Waals surface area contributed by atoms with Crippen LogP contribution in [0.2, 0.25) is 0 Å². The lowest BCUT2D eigenvalue weighted by molar-refractivity contribution is 0.0597. The molecule has 0 radical (unpaired) electrons. The summed E-state index contributed by atoms with van der Waals surface area (Å²) in [5.41, 5.74) is 2.15. The molecular formula is C18H20O5. The first-order chi connectivity index (χ1) is 11.1. The van der Waals surface area contributed by atoms with Gasteiger partial charge in [0.1, 0.15) is 22.8 Å². The Morgan fingerprint density at radius 1 is 1.00 bits per heavy atom. The van der Waals surface area contributed by atoms with Crippen molar-refractivity contribution in [3.8, 4) is 17.2 Å². The molecule has 5 heteroatoms. The Hall–Kier alpha value is -2.69. The summed E-state index contributed by atoms with van der Waals surface area (Å²) in [6, 6.07) is 10.6. The molecule has 2 rings (SSSR count). The van der Waals surface area contributed by atoms with Crippen LogP contribution in [-0.2, 0) is 17.6 Å². The minimum absolute atomic E-state index is 0.0809. The maximum Gasteiger partial charge on any atom is 0.341 e. The molecule has 2 aromatic carbocycles. The van der Waals surface area contributed by atoms with Gasteiger partial charge in [-0.25, -0.2) is 4.79 Å². The number of phenols is 1. The SMILES string of the molecule is COC(=O)c1cc(CCc2ccc(OC)cc2OC)ccc1O. The first kappa shape index (κ1) is 16.7. The number of methoxy groups -OCH3 is 3. The molecule has 0 saturated heterocycles. The van der Waals surface area contributed by atoms with E-state index in [4.69, 9.17) is 9.47 Å². The van der Waals surface area contributed by atoms with E-state index in [0.717, 1.165) is 29.0 Å². The van der Waals surface area contributed by atoms with E-state index in [1.165, 1.54) is 13.2 Å². The predicted molar refractivity (Wildman–Crippen MR) is 86.4 cm³/mol. The van der Waals surface area contributed by atoms with Crippen LogP contribution < -0.4 is 9.47 Å². The number of ether oxygens (including phenoxy) is 3. The van der Waals surface area contributed by atoms with Crippen LogP contribution in [0.4, 0.5) is 0 Å². The molecule has 0 amide bonds. The van der Waals surface area contributed by atoms with Crippen LogP contribution in [0.15, 0.2) is 36.4 Å². The Kier molecular flexibility index (Phi) is 5.46. The standard InChI is InChI=1S/C18H20O5/c1-21-14-8-7-13(17(11-14)22-2)6-4-12-5-9-16(19)15(10-12)18(20)23-3/h5,7-11,19H,4,6H2,1-3H3. The summed E-state index contributed by atoms with van der Waals surface area (Å²) in [6.45, 7) is 0. The largest absolute Gasteiger partial charge is 0.507 e. The third kappa shape index (κ3) is 3.94. The van der Waals surface area contributed by atoms with Crippen LogP contribution in [0.1, 0.15) is 21.5 Å². The Balaban J connectivity index is 2.16. The molecule has 0 spiro atoms. The van der Waals surface area contributed by atoms with Gasteiger partial charge < -0.3 is 19.3 Å². The molecule has 23 heavy (non-hydrogen) atoms. The fourth-order valence-corrected chi connectivity index (χ4v) is 2.35. The molecule has 0 atom stereocenters. The van der Waals surface area contributed by atoms with Gasteiger partial charge in [0.2, 0.25) is 0 Å². The number of esters is 1. The number of hydrogen-bond donors (Lipinski definition) is 1. The lowest BCUT2D eigenvalue weighted by Crippen LogP contribution is -2.03. The molecule has 0 fully saturated rings. The van der Waals surface area contributed by atoms with E-state index >= 15 is 0 Å². The summed E-state index contributed by atoms with van der Waals surface area (Å²) in [7, 11) is 4.52. The normalized spacial score (nSPS) is 10.2. The Bertz CT molecular complexity index is 694. The minimum Gasteiger partial charge on any atom is -0.507 e. The molecule has 2 aromatic rings. The van der Waals surface area contributed by atoms with Gasteiger partial charge in [-0.15, -0.1) is 0 Å². The summed E-state index contributed by atoms with van der Waals surface area (Å²) < 4.78 is 15.2. The van der Waals surface area contributed by atoms with Crippen molar-refractivity contribution in [2.45, 2.75) is 12.8 Å². The third-order valence-corrected chi connectivity index (χ3v) is 3.64. The van der Waals surface area contributed by atoms with Crippen molar-refractivity contribution in [3.63, 3.8) is 0 Å². The molecule has 0 saturated carbocycles. The first-order valence-corrected chi connectivity index (χ1v) is 7.20. The van der Waals surface area contributed by atoms with Crippen molar-refractivity contribution in [2.24, 2.45) is 0 Å². The van der Waals surface area contributed by atoms with E-state index in [9.17, 15) is 9.90 Å². The van der Waals surface area contributed by atoms with Crippen molar-refractivity contribution in [1.82, 2.24) is 0 Å². The second kappa shape index (κ2) is 7.54. The molecule has 1 N–H and O–H groups in total. The van der Waals surface area contributed by atoms with Gasteiger partial charge in [0, 0.05) is 6.07 Å². The van der Waals surface area contributed by atoms with Crippen LogP contribution >= 0.6 is 0 Å². The zero-order chi connectivity index (χ0) is 16.8. The molecule has 0 aliphatic rings. The second-order valence-electron chi connectivity index (χ2n) is 5.02. The van der Waals surface area contributed by atoms with Crippen LogP contribution in [0.5, 0.6) is 17.2 Å². The topological polar surface area (TPSA) is 65.0 Å². The lowest BCUT2D eigenvalue weighted by atomic mass is 10.0. The van der Waals surface area contributed by atoms with Gasteiger partial charge in [0.05, 0.1) is 21.3 Å². The van der Waals surface area contributed by atoms with Gasteiger partial charge in [-0.3, -0.25) is 0 Å². The quantitative estimate of drug-likeness (QED) is 0.830. The van der Waals surface area contributed by atoms with Gasteiger partial charge >= 0.3 is 5.97 Å². The summed E-state index contributed by atoms with van der Waals surface area (Å²) in [5.74, 6) is 0.869. The van der Waals surface area contributed by atoms with Crippen molar-refractivity contribution < 1.29 is 24.1 Å². The summed E-state index contributed by atoms with van der Waals surface area (Å²) in [6.07, 6.45) is 1.44. The monoisotopic (exact) mass is 316 g/mol. The van der Waals surface area contributed by atoms with Gasteiger partial charge in [-0.1, -0.05) is 12.1 Å². The maximum atomic E-state index is 11.6. The number of rotatable bonds is 6. The lowest BCUT2D eigenvalue weighted by Gasteiger charge is -2.11. The zero-order valence-corrected chi connectivity index (χ0v) is 13.5. The van der Waals surface area contributed by atoms with Gasteiger partial charge in [0.15, 0.2) is 0 Å². The Morgan fingerprint density at radius 3 is 2.43 bits per heavy atom. The predicted octanol–water partition coefficient (Wildman–Crippen LogP) is 2.98. The van der Waals surface area contributed by atoms with Crippen LogP contribution in [0.3, 0.4) is 0 Å². The summed E-state index contributed by atoms with van der Waals surface area (Å²) in [5, 5.41) is 9.73. The van der Waals surface area contributed by atoms with Crippen molar-refractivity contribution >= 4 is 5.97 Å². The van der Waals surface area contributed by atoms with E-state index in [2.05, 4.69) is 4.74 Å². The minimum atomic E-state index is -0.550. The van der Waals surface area contributed by atoms with E-state index in [0.29, 0.717) is 6.42 Å². The molecule has 0 bridgehead atoms. The molecule has 122 valence electrons. The highest BCUT2D eigenvalue weighted by atomic mass is 16.5. The smallest absolute Gasteiger partial charge is 0.341 e. The fraction of sp³-hybridized carbons (Fsp3) is 0.278. The van der Waals surface area contributed by atoms with Crippen LogP contribution in [0.25, 0.3) is 0 Å². The van der Waals surface area contributed by atoms with Crippen molar-refractivity contribution in [3.05, 3.63) is 53.1 Å². The number of aromatic hydroxyl groups is 1. The first-order valence-electron chi connectivity index (χ1n) is 7.20. The maximum absolute atomic E-state index is 11.6. The highest BCUT2D eigenvalue weighted by Gasteiger charge is 2.12. The van der Waals surface area contributed by atoms with Crippen LogP contribution in [0, 0.1) is 0 Å². The van der Waals surface area contributed by atoms with Crippen molar-refractivity contribution in [1.29, 1.82) is 0 Å². The fourth-order valence-electron chi connectivity index (χ4n) is 2.35. The average Bonchev–Trinajstić information content (AvgIpc) is 2.60. The molecule has 0 heterocycles. The van der Waals surface area contributed by atoms with E-state index < -0.39 is 5.97 Å². The Morgan fingerprint density at radius 2 is 1.78 bits per heavy atom. The zero-order valence-electron chi connectivity index (χ0n) is 13.5. The van der Waals surface area contributed by atoms with E-state index in [1.807, 2.05) is 18.2 Å². The van der Waals surface area contributed by atoms with Gasteiger partial charge in [0.25, 0.3) is 0 Å². The molecule has 0 aliphatic carbocycles.